The third-order valence-corrected chi connectivity index (χ3v) is 1.71. The first-order valence-electron chi connectivity index (χ1n) is 3.69. The predicted molar refractivity (Wildman–Crippen MR) is 47.3 cm³/mol. The zero-order chi connectivity index (χ0) is 10.8. The molecule has 0 atom stereocenters. The number of hydrogen-bond donors (Lipinski definition) is 0. The number of azide groups is 1. The van der Waals surface area contributed by atoms with E-state index in [-0.39, 0.29) is 16.7 Å². The van der Waals surface area contributed by atoms with Crippen molar-refractivity contribution in [1.29, 1.82) is 0 Å². The lowest BCUT2D eigenvalue weighted by Crippen LogP contribution is -1.89. The molecule has 1 heterocycles. The maximum absolute atomic E-state index is 10.7. The van der Waals surface area contributed by atoms with Crippen LogP contribution >= 0.6 is 0 Å². The van der Waals surface area contributed by atoms with Crippen molar-refractivity contribution in [2.45, 2.75) is 0 Å². The molecule has 1 aromatic heterocycles. The van der Waals surface area contributed by atoms with Crippen LogP contribution in [0.25, 0.3) is 21.5 Å². The molecule has 9 nitrogen and oxygen atoms in total. The van der Waals surface area contributed by atoms with Gasteiger partial charge in [0.25, 0.3) is 0 Å². The van der Waals surface area contributed by atoms with Crippen LogP contribution in [0.15, 0.2) is 21.9 Å². The van der Waals surface area contributed by atoms with Gasteiger partial charge in [-0.25, -0.2) is 4.63 Å². The Morgan fingerprint density at radius 3 is 3.00 bits per heavy atom. The van der Waals surface area contributed by atoms with Crippen molar-refractivity contribution < 1.29 is 9.55 Å². The maximum atomic E-state index is 10.7. The van der Waals surface area contributed by atoms with Gasteiger partial charge in [0.15, 0.2) is 0 Å². The van der Waals surface area contributed by atoms with Gasteiger partial charge in [-0.2, -0.15) is 0 Å². The van der Waals surface area contributed by atoms with Crippen molar-refractivity contribution in [3.8, 4) is 0 Å². The van der Waals surface area contributed by atoms with Crippen LogP contribution in [0.4, 0.5) is 11.4 Å². The average molecular weight is 206 g/mol. The van der Waals surface area contributed by atoms with E-state index < -0.39 is 10.6 Å². The second-order valence-corrected chi connectivity index (χ2v) is 2.51. The van der Waals surface area contributed by atoms with Crippen LogP contribution in [-0.2, 0) is 0 Å². The van der Waals surface area contributed by atoms with Gasteiger partial charge in [0, 0.05) is 4.91 Å². The zero-order valence-electron chi connectivity index (χ0n) is 7.06. The molecule has 0 aliphatic carbocycles. The Bertz CT molecular complexity index is 584. The van der Waals surface area contributed by atoms with Gasteiger partial charge >= 0.3 is 5.69 Å². The topological polar surface area (TPSA) is 131 Å². The Hall–Kier alpha value is -2.67. The lowest BCUT2D eigenvalue weighted by molar-refractivity contribution is -0.382. The van der Waals surface area contributed by atoms with Crippen molar-refractivity contribution in [2.75, 3.05) is 0 Å². The van der Waals surface area contributed by atoms with Gasteiger partial charge in [0.1, 0.15) is 11.2 Å². The molecule has 9 heteroatoms. The highest BCUT2D eigenvalue weighted by molar-refractivity contribution is 5.89. The summed E-state index contributed by atoms with van der Waals surface area (Å²) in [6.45, 7) is 0. The van der Waals surface area contributed by atoms with E-state index in [0.29, 0.717) is 0 Å². The molecule has 0 amide bonds. The van der Waals surface area contributed by atoms with E-state index in [1.807, 2.05) is 0 Å². The number of hydrogen-bond acceptors (Lipinski definition) is 6. The molecular formula is C6H2N6O3. The molecular weight excluding hydrogens is 204 g/mol. The van der Waals surface area contributed by atoms with Crippen molar-refractivity contribution in [1.82, 2.24) is 10.3 Å². The van der Waals surface area contributed by atoms with Gasteiger partial charge in [0.05, 0.1) is 4.92 Å². The van der Waals surface area contributed by atoms with E-state index in [4.69, 9.17) is 5.53 Å². The van der Waals surface area contributed by atoms with Crippen molar-refractivity contribution in [3.63, 3.8) is 0 Å². The van der Waals surface area contributed by atoms with Gasteiger partial charge < -0.3 is 0 Å². The molecule has 15 heavy (non-hydrogen) atoms. The molecule has 0 aliphatic heterocycles. The number of nitro groups is 1. The first-order valence-corrected chi connectivity index (χ1v) is 3.69. The largest absolute Gasteiger partial charge is 0.310 e. The zero-order valence-corrected chi connectivity index (χ0v) is 7.06. The molecule has 0 saturated heterocycles. The molecule has 0 bridgehead atoms. The molecule has 74 valence electrons. The highest BCUT2D eigenvalue weighted by Crippen LogP contribution is 2.33. The second kappa shape index (κ2) is 3.24. The summed E-state index contributed by atoms with van der Waals surface area (Å²) in [6, 6.07) is 2.70. The molecule has 0 unspecified atom stereocenters. The van der Waals surface area contributed by atoms with Crippen LogP contribution < -0.4 is 0 Å². The SMILES string of the molecule is [N-]=[N+]=Nc1ccc2nonc2c1[N+](=O)[O-]. The Balaban J connectivity index is 2.86. The van der Waals surface area contributed by atoms with E-state index in [2.05, 4.69) is 25.0 Å². The Morgan fingerprint density at radius 1 is 1.53 bits per heavy atom. The van der Waals surface area contributed by atoms with Crippen LogP contribution in [0.5, 0.6) is 0 Å². The van der Waals surface area contributed by atoms with Crippen molar-refractivity contribution >= 4 is 22.4 Å². The summed E-state index contributed by atoms with van der Waals surface area (Å²) in [5.74, 6) is 0. The fourth-order valence-corrected chi connectivity index (χ4v) is 1.14. The van der Waals surface area contributed by atoms with Crippen LogP contribution in [-0.4, -0.2) is 15.2 Å². The third kappa shape index (κ3) is 1.32. The van der Waals surface area contributed by atoms with E-state index in [1.54, 1.807) is 0 Å². The van der Waals surface area contributed by atoms with Gasteiger partial charge in [-0.15, -0.1) is 0 Å². The molecule has 1 aromatic carbocycles. The van der Waals surface area contributed by atoms with Crippen LogP contribution in [0.2, 0.25) is 0 Å². The van der Waals surface area contributed by atoms with Crippen molar-refractivity contribution in [3.05, 3.63) is 32.7 Å². The first-order chi connectivity index (χ1) is 7.24. The van der Waals surface area contributed by atoms with Gasteiger partial charge in [-0.1, -0.05) is 5.11 Å². The first kappa shape index (κ1) is 8.91. The average Bonchev–Trinajstić information content (AvgIpc) is 2.64. The Kier molecular flexibility index (Phi) is 1.92. The smallest absolute Gasteiger partial charge is 0.258 e. The van der Waals surface area contributed by atoms with E-state index in [9.17, 15) is 10.1 Å². The fraction of sp³-hybridized carbons (Fsp3) is 0. The summed E-state index contributed by atoms with van der Waals surface area (Å²) >= 11 is 0. The third-order valence-electron chi connectivity index (χ3n) is 1.71. The maximum Gasteiger partial charge on any atom is 0.310 e. The summed E-state index contributed by atoms with van der Waals surface area (Å²) < 4.78 is 4.35. The Morgan fingerprint density at radius 2 is 2.33 bits per heavy atom. The highest BCUT2D eigenvalue weighted by Gasteiger charge is 2.21. The molecule has 0 spiro atoms. The number of nitro benzene ring substituents is 1. The van der Waals surface area contributed by atoms with Crippen LogP contribution in [0.1, 0.15) is 0 Å². The lowest BCUT2D eigenvalue weighted by Gasteiger charge is -1.94. The number of nitrogens with zero attached hydrogens (tertiary/aromatic N) is 6. The van der Waals surface area contributed by atoms with Gasteiger partial charge in [-0.3, -0.25) is 10.1 Å². The Labute approximate surface area is 81.0 Å². The normalized spacial score (nSPS) is 9.87. The van der Waals surface area contributed by atoms with E-state index >= 15 is 0 Å². The van der Waals surface area contributed by atoms with Crippen LogP contribution in [0, 0.1) is 10.1 Å². The molecule has 2 aromatic rings. The number of fused-ring (bicyclic) bond motifs is 1. The molecule has 0 aliphatic rings. The van der Waals surface area contributed by atoms with E-state index in [0.717, 1.165) is 0 Å². The minimum Gasteiger partial charge on any atom is -0.258 e. The molecule has 0 radical (unpaired) electrons. The number of rotatable bonds is 2. The highest BCUT2D eigenvalue weighted by atomic mass is 16.6. The monoisotopic (exact) mass is 206 g/mol. The summed E-state index contributed by atoms with van der Waals surface area (Å²) in [6.07, 6.45) is 0. The minimum atomic E-state index is -0.698. The predicted octanol–water partition coefficient (Wildman–Crippen LogP) is 2.07. The number of aromatic nitrogens is 2. The summed E-state index contributed by atoms with van der Waals surface area (Å²) in [5, 5.41) is 20.7. The summed E-state index contributed by atoms with van der Waals surface area (Å²) in [7, 11) is 0. The van der Waals surface area contributed by atoms with Gasteiger partial charge in [-0.05, 0) is 28.0 Å². The van der Waals surface area contributed by atoms with E-state index in [1.165, 1.54) is 12.1 Å². The molecule has 2 rings (SSSR count). The van der Waals surface area contributed by atoms with Gasteiger partial charge in [0.2, 0.25) is 5.52 Å². The van der Waals surface area contributed by atoms with Crippen LogP contribution in [0.3, 0.4) is 0 Å². The second-order valence-electron chi connectivity index (χ2n) is 2.51. The summed E-state index contributed by atoms with van der Waals surface area (Å²) in [5.41, 5.74) is 7.89. The molecule has 0 saturated carbocycles. The summed E-state index contributed by atoms with van der Waals surface area (Å²) in [4.78, 5) is 12.5. The molecule has 0 fully saturated rings. The molecule has 0 N–H and O–H groups in total. The standard InChI is InChI=1S/C6H2N6O3/c7-11-8-4-2-1-3-5(10-15-9-3)6(4)12(13)14/h1-2H. The fourth-order valence-electron chi connectivity index (χ4n) is 1.14. The minimum absolute atomic E-state index is 0.0371. The number of benzene rings is 1. The lowest BCUT2D eigenvalue weighted by atomic mass is 10.2. The van der Waals surface area contributed by atoms with Crippen molar-refractivity contribution in [2.24, 2.45) is 5.11 Å². The quantitative estimate of drug-likeness (QED) is 0.244.